The second kappa shape index (κ2) is 7.61. The van der Waals surface area contributed by atoms with Crippen LogP contribution in [0.5, 0.6) is 0 Å². The summed E-state index contributed by atoms with van der Waals surface area (Å²) in [5, 5.41) is 5.62. The quantitative estimate of drug-likeness (QED) is 0.407. The minimum Gasteiger partial charge on any atom is -0.245 e. The molecular formula is C21H16F3N3O2S2. The number of alkyl halides is 3. The third-order valence-corrected chi connectivity index (χ3v) is 6.57. The van der Waals surface area contributed by atoms with Gasteiger partial charge >= 0.3 is 6.18 Å². The van der Waals surface area contributed by atoms with Gasteiger partial charge in [0.05, 0.1) is 21.8 Å². The highest BCUT2D eigenvalue weighted by Crippen LogP contribution is 2.37. The fraction of sp³-hybridized carbons (Fsp3) is 0.143. The number of aryl methyl sites for hydroxylation is 1. The number of benzene rings is 2. The Bertz CT molecular complexity index is 1340. The molecule has 31 heavy (non-hydrogen) atoms. The standard InChI is InChI=1S/C21H16F3N3O2S2/c1-13-9-16(7-8-19(13)31(2,28)29)27-10-17(20(26-27)21(22,23)24)14-3-5-15(6-4-14)18-11-30-12-25-18/h3-12H,1-2H3. The second-order valence-corrected chi connectivity index (χ2v) is 9.71. The summed E-state index contributed by atoms with van der Waals surface area (Å²) in [6.45, 7) is 1.59. The van der Waals surface area contributed by atoms with Crippen LogP contribution in [0.2, 0.25) is 0 Å². The van der Waals surface area contributed by atoms with Gasteiger partial charge in [-0.3, -0.25) is 0 Å². The van der Waals surface area contributed by atoms with E-state index in [0.717, 1.165) is 22.2 Å². The van der Waals surface area contributed by atoms with Crippen molar-refractivity contribution in [3.05, 3.63) is 70.8 Å². The third kappa shape index (κ3) is 4.26. The summed E-state index contributed by atoms with van der Waals surface area (Å²) >= 11 is 1.43. The molecule has 0 bridgehead atoms. The zero-order chi connectivity index (χ0) is 22.4. The van der Waals surface area contributed by atoms with Crippen molar-refractivity contribution in [3.8, 4) is 28.1 Å². The predicted molar refractivity (Wildman–Crippen MR) is 113 cm³/mol. The first kappa shape index (κ1) is 21.3. The molecule has 0 unspecified atom stereocenters. The molecule has 0 radical (unpaired) electrons. The van der Waals surface area contributed by atoms with E-state index in [1.807, 2.05) is 5.38 Å². The number of thiazole rings is 1. The molecule has 0 spiro atoms. The molecule has 160 valence electrons. The summed E-state index contributed by atoms with van der Waals surface area (Å²) in [6, 6.07) is 10.9. The maximum atomic E-state index is 13.7. The van der Waals surface area contributed by atoms with E-state index in [4.69, 9.17) is 0 Å². The van der Waals surface area contributed by atoms with E-state index >= 15 is 0 Å². The van der Waals surface area contributed by atoms with Crippen molar-refractivity contribution < 1.29 is 21.6 Å². The van der Waals surface area contributed by atoms with Gasteiger partial charge in [-0.2, -0.15) is 18.3 Å². The highest BCUT2D eigenvalue weighted by atomic mass is 32.2. The average molecular weight is 464 g/mol. The number of hydrogen-bond acceptors (Lipinski definition) is 5. The van der Waals surface area contributed by atoms with Crippen LogP contribution in [0, 0.1) is 6.92 Å². The molecule has 10 heteroatoms. The molecule has 5 nitrogen and oxygen atoms in total. The normalized spacial score (nSPS) is 12.3. The van der Waals surface area contributed by atoms with Gasteiger partial charge in [-0.05, 0) is 36.2 Å². The van der Waals surface area contributed by atoms with Gasteiger partial charge < -0.3 is 0 Å². The zero-order valence-corrected chi connectivity index (χ0v) is 18.0. The van der Waals surface area contributed by atoms with Crippen LogP contribution in [0.1, 0.15) is 11.3 Å². The zero-order valence-electron chi connectivity index (χ0n) is 16.4. The van der Waals surface area contributed by atoms with E-state index in [9.17, 15) is 21.6 Å². The van der Waals surface area contributed by atoms with Gasteiger partial charge in [-0.1, -0.05) is 24.3 Å². The van der Waals surface area contributed by atoms with Gasteiger partial charge in [0.1, 0.15) is 0 Å². The molecule has 2 aromatic carbocycles. The van der Waals surface area contributed by atoms with Crippen molar-refractivity contribution in [2.45, 2.75) is 18.0 Å². The maximum Gasteiger partial charge on any atom is 0.435 e. The molecular weight excluding hydrogens is 447 g/mol. The van der Waals surface area contributed by atoms with Crippen LogP contribution in [-0.2, 0) is 16.0 Å². The van der Waals surface area contributed by atoms with Gasteiger partial charge in [0.2, 0.25) is 0 Å². The molecule has 0 aliphatic rings. The summed E-state index contributed by atoms with van der Waals surface area (Å²) in [4.78, 5) is 4.32. The summed E-state index contributed by atoms with van der Waals surface area (Å²) in [5.41, 5.74) is 3.29. The van der Waals surface area contributed by atoms with Gasteiger partial charge in [0.15, 0.2) is 15.5 Å². The molecule has 2 heterocycles. The average Bonchev–Trinajstić information content (AvgIpc) is 3.37. The molecule has 4 rings (SSSR count). The Balaban J connectivity index is 1.79. The van der Waals surface area contributed by atoms with Crippen LogP contribution in [0.25, 0.3) is 28.1 Å². The van der Waals surface area contributed by atoms with Crippen LogP contribution >= 0.6 is 11.3 Å². The van der Waals surface area contributed by atoms with Crippen molar-refractivity contribution >= 4 is 21.2 Å². The number of rotatable bonds is 4. The first-order chi connectivity index (χ1) is 14.5. The van der Waals surface area contributed by atoms with Crippen molar-refractivity contribution in [1.82, 2.24) is 14.8 Å². The summed E-state index contributed by atoms with van der Waals surface area (Å²) in [6.07, 6.45) is -2.27. The topological polar surface area (TPSA) is 64.8 Å². The Labute approximate surface area is 180 Å². The van der Waals surface area contributed by atoms with Crippen LogP contribution in [0.3, 0.4) is 0 Å². The highest BCUT2D eigenvalue weighted by Gasteiger charge is 2.37. The van der Waals surface area contributed by atoms with E-state index in [2.05, 4.69) is 10.1 Å². The molecule has 0 aliphatic heterocycles. The van der Waals surface area contributed by atoms with E-state index in [1.165, 1.54) is 35.7 Å². The molecule has 0 aliphatic carbocycles. The highest BCUT2D eigenvalue weighted by molar-refractivity contribution is 7.90. The smallest absolute Gasteiger partial charge is 0.245 e. The summed E-state index contributed by atoms with van der Waals surface area (Å²) in [5.74, 6) is 0. The Morgan fingerprint density at radius 2 is 1.71 bits per heavy atom. The lowest BCUT2D eigenvalue weighted by atomic mass is 10.0. The Morgan fingerprint density at radius 1 is 1.03 bits per heavy atom. The summed E-state index contributed by atoms with van der Waals surface area (Å²) in [7, 11) is -3.44. The number of sulfone groups is 1. The van der Waals surface area contributed by atoms with Gasteiger partial charge in [-0.15, -0.1) is 11.3 Å². The van der Waals surface area contributed by atoms with Crippen molar-refractivity contribution in [2.24, 2.45) is 0 Å². The largest absolute Gasteiger partial charge is 0.435 e. The van der Waals surface area contributed by atoms with Crippen molar-refractivity contribution in [3.63, 3.8) is 0 Å². The van der Waals surface area contributed by atoms with Crippen molar-refractivity contribution in [2.75, 3.05) is 6.26 Å². The monoisotopic (exact) mass is 463 g/mol. The maximum absolute atomic E-state index is 13.7. The van der Waals surface area contributed by atoms with Crippen LogP contribution in [-0.4, -0.2) is 29.4 Å². The first-order valence-electron chi connectivity index (χ1n) is 9.01. The van der Waals surface area contributed by atoms with E-state index in [0.29, 0.717) is 16.8 Å². The lowest BCUT2D eigenvalue weighted by Gasteiger charge is -2.07. The minimum absolute atomic E-state index is 0.0674. The third-order valence-electron chi connectivity index (χ3n) is 4.73. The molecule has 0 N–H and O–H groups in total. The van der Waals surface area contributed by atoms with Gasteiger partial charge in [0.25, 0.3) is 0 Å². The predicted octanol–water partition coefficient (Wildman–Crippen LogP) is 5.39. The SMILES string of the molecule is Cc1cc(-n2cc(-c3ccc(-c4cscn4)cc3)c(C(F)(F)F)n2)ccc1S(C)(=O)=O. The van der Waals surface area contributed by atoms with Gasteiger partial charge in [-0.25, -0.2) is 18.1 Å². The molecule has 2 aromatic heterocycles. The number of nitrogens with zero attached hydrogens (tertiary/aromatic N) is 3. The van der Waals surface area contributed by atoms with Crippen LogP contribution in [0.4, 0.5) is 13.2 Å². The Kier molecular flexibility index (Phi) is 5.22. The molecule has 0 amide bonds. The number of halogens is 3. The lowest BCUT2D eigenvalue weighted by molar-refractivity contribution is -0.140. The van der Waals surface area contributed by atoms with Crippen LogP contribution in [0.15, 0.2) is 64.4 Å². The number of aromatic nitrogens is 3. The second-order valence-electron chi connectivity index (χ2n) is 7.01. The lowest BCUT2D eigenvalue weighted by Crippen LogP contribution is -2.09. The van der Waals surface area contributed by atoms with E-state index in [-0.39, 0.29) is 10.5 Å². The van der Waals surface area contributed by atoms with E-state index < -0.39 is 21.7 Å². The minimum atomic E-state index is -4.66. The number of hydrogen-bond donors (Lipinski definition) is 0. The van der Waals surface area contributed by atoms with Crippen molar-refractivity contribution in [1.29, 1.82) is 0 Å². The van der Waals surface area contributed by atoms with E-state index in [1.54, 1.807) is 36.7 Å². The first-order valence-corrected chi connectivity index (χ1v) is 11.8. The van der Waals surface area contributed by atoms with Crippen LogP contribution < -0.4 is 0 Å². The Morgan fingerprint density at radius 3 is 2.26 bits per heavy atom. The Hall–Kier alpha value is -2.98. The molecule has 0 fully saturated rings. The molecule has 4 aromatic rings. The fourth-order valence-corrected chi connectivity index (χ4v) is 4.81. The van der Waals surface area contributed by atoms with Gasteiger partial charge in [0, 0.05) is 29.0 Å². The summed E-state index contributed by atoms with van der Waals surface area (Å²) < 4.78 is 65.8. The molecule has 0 saturated heterocycles. The fourth-order valence-electron chi connectivity index (χ4n) is 3.29. The molecule has 0 saturated carbocycles. The molecule has 0 atom stereocenters.